The lowest BCUT2D eigenvalue weighted by Gasteiger charge is -2.54. The summed E-state index contributed by atoms with van der Waals surface area (Å²) in [5, 5.41) is 0. The first-order valence-corrected chi connectivity index (χ1v) is 19.9. The van der Waals surface area contributed by atoms with Crippen molar-refractivity contribution in [3.05, 3.63) is 0 Å². The quantitative estimate of drug-likeness (QED) is 0.341. The van der Waals surface area contributed by atoms with Gasteiger partial charge in [-0.25, -0.2) is 0 Å². The zero-order valence-corrected chi connectivity index (χ0v) is 25.6. The average Bonchev–Trinajstić information content (AvgIpc) is 3.49. The van der Waals surface area contributed by atoms with Crippen molar-refractivity contribution < 1.29 is 0 Å². The molecule has 6 aliphatic carbocycles. The van der Waals surface area contributed by atoms with Gasteiger partial charge in [0.2, 0.25) is 0 Å². The number of rotatable bonds is 3. The molecule has 6 rings (SSSR count). The van der Waals surface area contributed by atoms with E-state index >= 15 is 0 Å². The van der Waals surface area contributed by atoms with Crippen LogP contribution in [0.15, 0.2) is 0 Å². The van der Waals surface area contributed by atoms with Crippen LogP contribution in [0.4, 0.5) is 0 Å². The maximum atomic E-state index is 2.91. The SMILES string of the molecule is CC1CC2C(CC3CCCC3C2C2CCCC3CCCCC32)C1[Si](C)(C)C1C(C)C(C)C(C)C1C. The molecule has 0 N–H and O–H groups in total. The third-order valence-corrected chi connectivity index (χ3v) is 20.5. The Balaban J connectivity index is 1.33. The molecule has 0 aromatic rings. The summed E-state index contributed by atoms with van der Waals surface area (Å²) in [4.78, 5) is 0. The van der Waals surface area contributed by atoms with Crippen LogP contribution in [-0.2, 0) is 0 Å². The first-order chi connectivity index (χ1) is 16.7. The van der Waals surface area contributed by atoms with Crippen LogP contribution in [-0.4, -0.2) is 8.07 Å². The van der Waals surface area contributed by atoms with Gasteiger partial charge in [0.15, 0.2) is 0 Å². The van der Waals surface area contributed by atoms with Gasteiger partial charge in [-0.15, -0.1) is 0 Å². The lowest BCUT2D eigenvalue weighted by molar-refractivity contribution is -0.0347. The molecule has 0 radical (unpaired) electrons. The minimum atomic E-state index is -1.38. The Hall–Kier alpha value is 0.217. The van der Waals surface area contributed by atoms with Crippen LogP contribution in [0, 0.1) is 76.9 Å². The molecular formula is C34H60Si. The molecule has 0 heterocycles. The summed E-state index contributed by atoms with van der Waals surface area (Å²) >= 11 is 0. The number of hydrogen-bond acceptors (Lipinski definition) is 0. The van der Waals surface area contributed by atoms with Crippen molar-refractivity contribution in [3.8, 4) is 0 Å². The molecule has 0 bridgehead atoms. The van der Waals surface area contributed by atoms with Crippen molar-refractivity contribution in [2.75, 3.05) is 0 Å². The lowest BCUT2D eigenvalue weighted by Crippen LogP contribution is -2.49. The van der Waals surface area contributed by atoms with E-state index in [1.165, 1.54) is 0 Å². The highest BCUT2D eigenvalue weighted by Crippen LogP contribution is 2.69. The van der Waals surface area contributed by atoms with Gasteiger partial charge in [-0.3, -0.25) is 0 Å². The molecule has 0 aliphatic heterocycles. The van der Waals surface area contributed by atoms with E-state index in [4.69, 9.17) is 0 Å². The second-order valence-electron chi connectivity index (χ2n) is 16.3. The van der Waals surface area contributed by atoms with Crippen LogP contribution in [0.2, 0.25) is 24.2 Å². The van der Waals surface area contributed by atoms with Crippen LogP contribution in [0.5, 0.6) is 0 Å². The van der Waals surface area contributed by atoms with Gasteiger partial charge < -0.3 is 0 Å². The van der Waals surface area contributed by atoms with Crippen molar-refractivity contribution in [2.24, 2.45) is 76.9 Å². The Bertz CT molecular complexity index is 740. The normalized spacial score (nSPS) is 56.5. The topological polar surface area (TPSA) is 0 Å². The Labute approximate surface area is 220 Å². The fourth-order valence-corrected chi connectivity index (χ4v) is 20.6. The lowest BCUT2D eigenvalue weighted by atomic mass is 9.53. The highest BCUT2D eigenvalue weighted by molar-refractivity contribution is 6.80. The predicted molar refractivity (Wildman–Crippen MR) is 154 cm³/mol. The summed E-state index contributed by atoms with van der Waals surface area (Å²) in [5.41, 5.74) is 2.16. The molecule has 14 unspecified atom stereocenters. The zero-order valence-electron chi connectivity index (χ0n) is 24.6. The van der Waals surface area contributed by atoms with Crippen LogP contribution in [0.1, 0.15) is 112 Å². The highest BCUT2D eigenvalue weighted by Gasteiger charge is 2.62. The molecule has 6 aliphatic rings. The summed E-state index contributed by atoms with van der Waals surface area (Å²) in [6.07, 6.45) is 19.1. The Morgan fingerprint density at radius 2 is 1.03 bits per heavy atom. The van der Waals surface area contributed by atoms with E-state index in [-0.39, 0.29) is 0 Å². The molecule has 14 atom stereocenters. The van der Waals surface area contributed by atoms with E-state index in [9.17, 15) is 0 Å². The Kier molecular flexibility index (Phi) is 6.88. The molecule has 0 saturated heterocycles. The van der Waals surface area contributed by atoms with Gasteiger partial charge in [-0.1, -0.05) is 92.7 Å². The monoisotopic (exact) mass is 496 g/mol. The smallest absolute Gasteiger partial charge is 0.0546 e. The van der Waals surface area contributed by atoms with Crippen molar-refractivity contribution in [2.45, 2.75) is 136 Å². The average molecular weight is 497 g/mol. The zero-order chi connectivity index (χ0) is 24.6. The molecule has 0 nitrogen and oxygen atoms in total. The molecule has 0 amide bonds. The van der Waals surface area contributed by atoms with Crippen LogP contribution in [0.3, 0.4) is 0 Å². The summed E-state index contributed by atoms with van der Waals surface area (Å²) in [6.45, 7) is 19.1. The molecular weight excluding hydrogens is 436 g/mol. The molecule has 0 spiro atoms. The van der Waals surface area contributed by atoms with E-state index in [1.54, 1.807) is 77.0 Å². The van der Waals surface area contributed by atoms with Gasteiger partial charge in [0.25, 0.3) is 0 Å². The van der Waals surface area contributed by atoms with Gasteiger partial charge in [-0.2, -0.15) is 0 Å². The van der Waals surface area contributed by atoms with Crippen molar-refractivity contribution in [1.29, 1.82) is 0 Å². The molecule has 6 saturated carbocycles. The van der Waals surface area contributed by atoms with E-state index in [2.05, 4.69) is 47.7 Å². The van der Waals surface area contributed by atoms with Gasteiger partial charge in [0, 0.05) is 0 Å². The van der Waals surface area contributed by atoms with E-state index in [1.807, 2.05) is 0 Å². The third kappa shape index (κ3) is 3.92. The predicted octanol–water partition coefficient (Wildman–Crippen LogP) is 10.3. The maximum absolute atomic E-state index is 2.91. The third-order valence-electron chi connectivity index (χ3n) is 15.0. The largest absolute Gasteiger partial charge is 0.0689 e. The first-order valence-electron chi connectivity index (χ1n) is 16.7. The Morgan fingerprint density at radius 3 is 1.74 bits per heavy atom. The summed E-state index contributed by atoms with van der Waals surface area (Å²) in [7, 11) is -1.38. The molecule has 0 aromatic heterocycles. The molecule has 1 heteroatoms. The second-order valence-corrected chi connectivity index (χ2v) is 21.3. The van der Waals surface area contributed by atoms with Crippen LogP contribution in [0.25, 0.3) is 0 Å². The summed E-state index contributed by atoms with van der Waals surface area (Å²) in [5.74, 6) is 13.7. The van der Waals surface area contributed by atoms with Crippen molar-refractivity contribution >= 4 is 8.07 Å². The maximum Gasteiger partial charge on any atom is 0.0546 e. The molecule has 35 heavy (non-hydrogen) atoms. The van der Waals surface area contributed by atoms with Crippen molar-refractivity contribution in [1.82, 2.24) is 0 Å². The van der Waals surface area contributed by atoms with Gasteiger partial charge in [0.1, 0.15) is 0 Å². The molecule has 200 valence electrons. The fourth-order valence-electron chi connectivity index (χ4n) is 13.8. The summed E-state index contributed by atoms with van der Waals surface area (Å²) < 4.78 is 0. The number of fused-ring (bicyclic) bond motifs is 3. The summed E-state index contributed by atoms with van der Waals surface area (Å²) in [6, 6.07) is 0. The second kappa shape index (κ2) is 9.45. The van der Waals surface area contributed by atoms with Crippen molar-refractivity contribution in [3.63, 3.8) is 0 Å². The van der Waals surface area contributed by atoms with Crippen LogP contribution < -0.4 is 0 Å². The Morgan fingerprint density at radius 1 is 0.457 bits per heavy atom. The molecule has 6 fully saturated rings. The first kappa shape index (κ1) is 25.5. The van der Waals surface area contributed by atoms with E-state index in [0.29, 0.717) is 0 Å². The van der Waals surface area contributed by atoms with E-state index in [0.717, 1.165) is 88.0 Å². The standard InChI is InChI=1S/C34H60Si/c1-20-18-30-31(33(20)35(6,7)34-23(4)21(2)22(3)24(34)5)19-26-14-11-16-28(26)32(30)29-17-10-13-25-12-8-9-15-27(25)29/h20-34H,8-19H2,1-7H3. The minimum Gasteiger partial charge on any atom is -0.0689 e. The van der Waals surface area contributed by atoms with E-state index < -0.39 is 8.07 Å². The minimum absolute atomic E-state index is 0.929. The van der Waals surface area contributed by atoms with Gasteiger partial charge in [-0.05, 0) is 120 Å². The van der Waals surface area contributed by atoms with Gasteiger partial charge >= 0.3 is 0 Å². The molecule has 0 aromatic carbocycles. The fraction of sp³-hybridized carbons (Fsp3) is 1.00. The van der Waals surface area contributed by atoms with Gasteiger partial charge in [0.05, 0.1) is 8.07 Å². The highest BCUT2D eigenvalue weighted by atomic mass is 28.3. The number of hydrogen-bond donors (Lipinski definition) is 0. The van der Waals surface area contributed by atoms with Crippen LogP contribution >= 0.6 is 0 Å².